The van der Waals surface area contributed by atoms with Crippen molar-refractivity contribution in [2.75, 3.05) is 51.3 Å². The van der Waals surface area contributed by atoms with Crippen LogP contribution < -0.4 is 9.64 Å². The molecule has 0 atom stereocenters. The first-order valence-corrected chi connectivity index (χ1v) is 13.6. The highest BCUT2D eigenvalue weighted by Gasteiger charge is 2.29. The molecule has 0 N–H and O–H groups in total. The summed E-state index contributed by atoms with van der Waals surface area (Å²) in [5.41, 5.74) is 1.90. The summed E-state index contributed by atoms with van der Waals surface area (Å²) in [5, 5.41) is 9.03. The van der Waals surface area contributed by atoms with Crippen LogP contribution >= 0.6 is 0 Å². The van der Waals surface area contributed by atoms with Crippen molar-refractivity contribution >= 4 is 21.6 Å². The molecule has 0 spiro atoms. The summed E-state index contributed by atoms with van der Waals surface area (Å²) in [6, 6.07) is 14.2. The molecule has 0 aliphatic carbocycles. The first-order valence-electron chi connectivity index (χ1n) is 12.2. The number of ether oxygens (including phenoxy) is 1. The molecule has 8 nitrogen and oxygen atoms in total. The van der Waals surface area contributed by atoms with E-state index in [0.29, 0.717) is 44.0 Å². The van der Waals surface area contributed by atoms with Crippen LogP contribution in [0, 0.1) is 11.3 Å². The van der Waals surface area contributed by atoms with Crippen LogP contribution in [0.5, 0.6) is 5.75 Å². The molecule has 0 aromatic heterocycles. The number of benzene rings is 2. The van der Waals surface area contributed by atoms with Gasteiger partial charge in [-0.1, -0.05) is 12.8 Å². The standard InChI is InChI=1S/C26H32N4O4S/c1-34-25-12-11-23(35(32,33)30-15-4-2-3-5-16-30)19-24(25)26(31)29-14-6-13-28(17-18-29)22-9-7-21(20-27)8-10-22/h7-12,19H,2-6,13-18H2,1H3. The summed E-state index contributed by atoms with van der Waals surface area (Å²) in [4.78, 5) is 17.7. The number of methoxy groups -OCH3 is 1. The molecular formula is C26H32N4O4S. The highest BCUT2D eigenvalue weighted by Crippen LogP contribution is 2.28. The summed E-state index contributed by atoms with van der Waals surface area (Å²) in [5.74, 6) is 0.148. The Bertz CT molecular complexity index is 1180. The van der Waals surface area contributed by atoms with Gasteiger partial charge in [-0.25, -0.2) is 8.42 Å². The highest BCUT2D eigenvalue weighted by atomic mass is 32.2. The Balaban J connectivity index is 1.53. The van der Waals surface area contributed by atoms with E-state index in [-0.39, 0.29) is 16.4 Å². The fourth-order valence-corrected chi connectivity index (χ4v) is 6.29. The number of carbonyl (C=O) groups is 1. The van der Waals surface area contributed by atoms with Gasteiger partial charge in [0.1, 0.15) is 5.75 Å². The molecule has 0 saturated carbocycles. The second-order valence-electron chi connectivity index (χ2n) is 8.97. The lowest BCUT2D eigenvalue weighted by Gasteiger charge is -2.25. The van der Waals surface area contributed by atoms with Gasteiger partial charge in [0.05, 0.1) is 29.2 Å². The average Bonchev–Trinajstić information content (AvgIpc) is 3.32. The van der Waals surface area contributed by atoms with E-state index in [2.05, 4.69) is 11.0 Å². The first-order chi connectivity index (χ1) is 16.9. The van der Waals surface area contributed by atoms with E-state index in [1.165, 1.54) is 23.5 Å². The van der Waals surface area contributed by atoms with Crippen molar-refractivity contribution < 1.29 is 17.9 Å². The summed E-state index contributed by atoms with van der Waals surface area (Å²) < 4.78 is 33.6. The van der Waals surface area contributed by atoms with Gasteiger partial charge in [0.15, 0.2) is 0 Å². The second kappa shape index (κ2) is 11.1. The maximum Gasteiger partial charge on any atom is 0.257 e. The molecule has 2 aromatic rings. The van der Waals surface area contributed by atoms with E-state index < -0.39 is 10.0 Å². The molecule has 0 unspecified atom stereocenters. The van der Waals surface area contributed by atoms with Gasteiger partial charge in [-0.15, -0.1) is 0 Å². The smallest absolute Gasteiger partial charge is 0.257 e. The Morgan fingerprint density at radius 3 is 2.26 bits per heavy atom. The van der Waals surface area contributed by atoms with Crippen LogP contribution in [0.4, 0.5) is 5.69 Å². The third-order valence-electron chi connectivity index (χ3n) is 6.75. The van der Waals surface area contributed by atoms with Gasteiger partial charge in [0, 0.05) is 45.0 Å². The SMILES string of the molecule is COc1ccc(S(=O)(=O)N2CCCCCC2)cc1C(=O)N1CCCN(c2ccc(C#N)cc2)CC1. The van der Waals surface area contributed by atoms with Gasteiger partial charge in [-0.3, -0.25) is 4.79 Å². The molecule has 35 heavy (non-hydrogen) atoms. The average molecular weight is 497 g/mol. The summed E-state index contributed by atoms with van der Waals surface area (Å²) >= 11 is 0. The van der Waals surface area contributed by atoms with Crippen molar-refractivity contribution in [1.82, 2.24) is 9.21 Å². The number of carbonyl (C=O) groups excluding carboxylic acids is 1. The fraction of sp³-hybridized carbons (Fsp3) is 0.462. The predicted molar refractivity (Wildman–Crippen MR) is 134 cm³/mol. The van der Waals surface area contributed by atoms with Gasteiger partial charge in [-0.05, 0) is 61.7 Å². The molecule has 2 fully saturated rings. The maximum absolute atomic E-state index is 13.6. The van der Waals surface area contributed by atoms with Crippen molar-refractivity contribution in [2.24, 2.45) is 0 Å². The number of hydrogen-bond acceptors (Lipinski definition) is 6. The van der Waals surface area contributed by atoms with Gasteiger partial charge < -0.3 is 14.5 Å². The van der Waals surface area contributed by atoms with E-state index >= 15 is 0 Å². The summed E-state index contributed by atoms with van der Waals surface area (Å²) in [7, 11) is -2.19. The Morgan fingerprint density at radius 1 is 0.886 bits per heavy atom. The number of nitriles is 1. The summed E-state index contributed by atoms with van der Waals surface area (Å²) in [6.07, 6.45) is 4.55. The zero-order chi connectivity index (χ0) is 24.8. The Hall–Kier alpha value is -3.09. The molecular weight excluding hydrogens is 464 g/mol. The van der Waals surface area contributed by atoms with Gasteiger partial charge in [-0.2, -0.15) is 9.57 Å². The first kappa shape index (κ1) is 25.0. The third-order valence-corrected chi connectivity index (χ3v) is 8.64. The lowest BCUT2D eigenvalue weighted by molar-refractivity contribution is 0.0763. The zero-order valence-corrected chi connectivity index (χ0v) is 21.0. The van der Waals surface area contributed by atoms with Crippen molar-refractivity contribution in [3.8, 4) is 11.8 Å². The lowest BCUT2D eigenvalue weighted by atomic mass is 10.1. The number of sulfonamides is 1. The van der Waals surface area contributed by atoms with Crippen molar-refractivity contribution in [3.63, 3.8) is 0 Å². The van der Waals surface area contributed by atoms with Crippen molar-refractivity contribution in [2.45, 2.75) is 37.0 Å². The molecule has 0 bridgehead atoms. The molecule has 2 saturated heterocycles. The predicted octanol–water partition coefficient (Wildman–Crippen LogP) is 3.48. The molecule has 2 aliphatic heterocycles. The highest BCUT2D eigenvalue weighted by molar-refractivity contribution is 7.89. The number of nitrogens with zero attached hydrogens (tertiary/aromatic N) is 4. The van der Waals surface area contributed by atoms with E-state index in [1.54, 1.807) is 23.1 Å². The van der Waals surface area contributed by atoms with Crippen LogP contribution in [0.3, 0.4) is 0 Å². The molecule has 0 radical (unpaired) electrons. The summed E-state index contributed by atoms with van der Waals surface area (Å²) in [6.45, 7) is 3.52. The number of anilines is 1. The minimum absolute atomic E-state index is 0.137. The quantitative estimate of drug-likeness (QED) is 0.629. The maximum atomic E-state index is 13.6. The van der Waals surface area contributed by atoms with E-state index in [0.717, 1.165) is 44.3 Å². The fourth-order valence-electron chi connectivity index (χ4n) is 4.74. The number of hydrogen-bond donors (Lipinski definition) is 0. The number of rotatable bonds is 5. The molecule has 1 amide bonds. The number of amides is 1. The minimum Gasteiger partial charge on any atom is -0.496 e. The van der Waals surface area contributed by atoms with Crippen LogP contribution in [-0.4, -0.2) is 69.9 Å². The monoisotopic (exact) mass is 496 g/mol. The third kappa shape index (κ3) is 5.60. The van der Waals surface area contributed by atoms with Crippen molar-refractivity contribution in [3.05, 3.63) is 53.6 Å². The molecule has 4 rings (SSSR count). The van der Waals surface area contributed by atoms with Crippen LogP contribution in [0.1, 0.15) is 48.0 Å². The van der Waals surface area contributed by atoms with Gasteiger partial charge in [0.25, 0.3) is 5.91 Å². The molecule has 186 valence electrons. The van der Waals surface area contributed by atoms with Crippen LogP contribution in [0.15, 0.2) is 47.4 Å². The Labute approximate surface area is 207 Å². The molecule has 2 heterocycles. The van der Waals surface area contributed by atoms with Gasteiger partial charge >= 0.3 is 0 Å². The van der Waals surface area contributed by atoms with Gasteiger partial charge in [0.2, 0.25) is 10.0 Å². The minimum atomic E-state index is -3.68. The lowest BCUT2D eigenvalue weighted by Crippen LogP contribution is -2.36. The topological polar surface area (TPSA) is 93.9 Å². The van der Waals surface area contributed by atoms with E-state index in [9.17, 15) is 13.2 Å². The van der Waals surface area contributed by atoms with E-state index in [1.807, 2.05) is 12.1 Å². The van der Waals surface area contributed by atoms with Crippen LogP contribution in [-0.2, 0) is 10.0 Å². The largest absolute Gasteiger partial charge is 0.496 e. The van der Waals surface area contributed by atoms with Crippen molar-refractivity contribution in [1.29, 1.82) is 5.26 Å². The zero-order valence-electron chi connectivity index (χ0n) is 20.1. The Kier molecular flexibility index (Phi) is 7.93. The normalized spacial score (nSPS) is 17.8. The molecule has 9 heteroatoms. The molecule has 2 aliphatic rings. The molecule has 2 aromatic carbocycles. The van der Waals surface area contributed by atoms with Crippen LogP contribution in [0.2, 0.25) is 0 Å². The Morgan fingerprint density at radius 2 is 1.60 bits per heavy atom. The second-order valence-corrected chi connectivity index (χ2v) is 10.9. The van der Waals surface area contributed by atoms with Crippen LogP contribution in [0.25, 0.3) is 0 Å². The van der Waals surface area contributed by atoms with E-state index in [4.69, 9.17) is 10.00 Å².